The van der Waals surface area contributed by atoms with Gasteiger partial charge in [0.1, 0.15) is 6.04 Å². The molecule has 0 fully saturated rings. The summed E-state index contributed by atoms with van der Waals surface area (Å²) in [4.78, 5) is 50.7. The number of carbonyl (C=O) groups excluding carboxylic acids is 4. The van der Waals surface area contributed by atoms with Crippen molar-refractivity contribution in [1.82, 2.24) is 21.3 Å². The van der Waals surface area contributed by atoms with Crippen molar-refractivity contribution in [3.05, 3.63) is 65.5 Å². The zero-order valence-electron chi connectivity index (χ0n) is 21.6. The third kappa shape index (κ3) is 9.21. The Bertz CT molecular complexity index is 1080. The van der Waals surface area contributed by atoms with Gasteiger partial charge in [0.2, 0.25) is 11.7 Å². The Morgan fingerprint density at radius 3 is 2.22 bits per heavy atom. The molecule has 0 saturated carbocycles. The summed E-state index contributed by atoms with van der Waals surface area (Å²) in [6.07, 6.45) is 0.497. The molecular formula is C27H35FN4O5. The van der Waals surface area contributed by atoms with E-state index in [0.29, 0.717) is 12.0 Å². The lowest BCUT2D eigenvalue weighted by molar-refractivity contribution is -0.140. The van der Waals surface area contributed by atoms with Crippen molar-refractivity contribution >= 4 is 23.6 Å². The number of para-hydroxylation sites is 1. The van der Waals surface area contributed by atoms with Crippen LogP contribution in [-0.4, -0.2) is 42.8 Å². The number of halogens is 1. The SMILES string of the molecule is CCC(NC(=O)C(CC(C)C)NC(=O)NCc1ccccc1)C(=O)C(=O)NCc1cccc(F)c1OC. The summed E-state index contributed by atoms with van der Waals surface area (Å²) < 4.78 is 18.9. The van der Waals surface area contributed by atoms with E-state index < -0.39 is 41.5 Å². The molecule has 10 heteroatoms. The van der Waals surface area contributed by atoms with Crippen molar-refractivity contribution < 1.29 is 28.3 Å². The quantitative estimate of drug-likeness (QED) is 0.306. The number of ketones is 1. The van der Waals surface area contributed by atoms with E-state index in [0.717, 1.165) is 5.56 Å². The van der Waals surface area contributed by atoms with Crippen LogP contribution in [0, 0.1) is 11.7 Å². The Morgan fingerprint density at radius 1 is 0.892 bits per heavy atom. The van der Waals surface area contributed by atoms with E-state index in [4.69, 9.17) is 4.74 Å². The fraction of sp³-hybridized carbons (Fsp3) is 0.407. The van der Waals surface area contributed by atoms with Gasteiger partial charge < -0.3 is 26.0 Å². The number of hydrogen-bond donors (Lipinski definition) is 4. The standard InChI is InChI=1S/C27H35FN4O5/c1-5-21(23(33)26(35)29-16-19-12-9-13-20(28)24(19)37-4)31-25(34)22(14-17(2)3)32-27(36)30-15-18-10-7-6-8-11-18/h6-13,17,21-22H,5,14-16H2,1-4H3,(H,29,35)(H,31,34)(H2,30,32,36). The fourth-order valence-electron chi connectivity index (χ4n) is 3.66. The van der Waals surface area contributed by atoms with Crippen molar-refractivity contribution in [3.63, 3.8) is 0 Å². The van der Waals surface area contributed by atoms with E-state index in [1.165, 1.54) is 19.2 Å². The Hall–Kier alpha value is -3.95. The van der Waals surface area contributed by atoms with Crippen LogP contribution >= 0.6 is 0 Å². The second-order valence-corrected chi connectivity index (χ2v) is 8.94. The van der Waals surface area contributed by atoms with Gasteiger partial charge in [0.15, 0.2) is 11.6 Å². The van der Waals surface area contributed by atoms with E-state index >= 15 is 0 Å². The fourth-order valence-corrected chi connectivity index (χ4v) is 3.66. The normalized spacial score (nSPS) is 12.3. The Morgan fingerprint density at radius 2 is 1.59 bits per heavy atom. The van der Waals surface area contributed by atoms with Gasteiger partial charge in [-0.3, -0.25) is 14.4 Å². The Balaban J connectivity index is 1.98. The molecule has 2 aromatic rings. The molecule has 0 aliphatic heterocycles. The summed E-state index contributed by atoms with van der Waals surface area (Å²) in [6, 6.07) is 11.1. The Labute approximate surface area is 216 Å². The number of carbonyl (C=O) groups is 4. The topological polar surface area (TPSA) is 126 Å². The predicted molar refractivity (Wildman–Crippen MR) is 137 cm³/mol. The van der Waals surface area contributed by atoms with Crippen LogP contribution in [0.15, 0.2) is 48.5 Å². The second kappa shape index (κ2) is 14.6. The first kappa shape index (κ1) is 29.3. The average Bonchev–Trinajstić information content (AvgIpc) is 2.88. The van der Waals surface area contributed by atoms with Gasteiger partial charge in [0.25, 0.3) is 5.91 Å². The second-order valence-electron chi connectivity index (χ2n) is 8.94. The zero-order chi connectivity index (χ0) is 27.4. The summed E-state index contributed by atoms with van der Waals surface area (Å²) in [5.74, 6) is -2.87. The molecule has 37 heavy (non-hydrogen) atoms. The third-order valence-corrected chi connectivity index (χ3v) is 5.58. The van der Waals surface area contributed by atoms with Gasteiger partial charge in [-0.2, -0.15) is 0 Å². The van der Waals surface area contributed by atoms with Gasteiger partial charge in [-0.15, -0.1) is 0 Å². The van der Waals surface area contributed by atoms with Gasteiger partial charge in [-0.1, -0.05) is 63.2 Å². The summed E-state index contributed by atoms with van der Waals surface area (Å²) in [7, 11) is 1.31. The lowest BCUT2D eigenvalue weighted by Gasteiger charge is -2.23. The smallest absolute Gasteiger partial charge is 0.315 e. The average molecular weight is 515 g/mol. The highest BCUT2D eigenvalue weighted by atomic mass is 19.1. The summed E-state index contributed by atoms with van der Waals surface area (Å²) in [5, 5.41) is 10.4. The van der Waals surface area contributed by atoms with E-state index in [1.807, 2.05) is 44.2 Å². The molecule has 4 N–H and O–H groups in total. The van der Waals surface area contributed by atoms with Gasteiger partial charge in [-0.25, -0.2) is 9.18 Å². The molecule has 4 amide bonds. The van der Waals surface area contributed by atoms with Gasteiger partial charge in [-0.05, 0) is 30.4 Å². The number of methoxy groups -OCH3 is 1. The number of benzene rings is 2. The first-order valence-electron chi connectivity index (χ1n) is 12.2. The monoisotopic (exact) mass is 514 g/mol. The van der Waals surface area contributed by atoms with E-state index in [2.05, 4.69) is 21.3 Å². The molecule has 9 nitrogen and oxygen atoms in total. The van der Waals surface area contributed by atoms with Crippen LogP contribution in [0.4, 0.5) is 9.18 Å². The van der Waals surface area contributed by atoms with Crippen LogP contribution in [0.5, 0.6) is 5.75 Å². The lowest BCUT2D eigenvalue weighted by Crippen LogP contribution is -2.55. The molecule has 0 radical (unpaired) electrons. The summed E-state index contributed by atoms with van der Waals surface area (Å²) in [6.45, 7) is 5.62. The van der Waals surface area contributed by atoms with Crippen LogP contribution < -0.4 is 26.0 Å². The molecule has 0 aliphatic rings. The largest absolute Gasteiger partial charge is 0.493 e. The molecule has 0 aromatic heterocycles. The Kier molecular flexibility index (Phi) is 11.5. The van der Waals surface area contributed by atoms with Crippen molar-refractivity contribution in [1.29, 1.82) is 0 Å². The molecule has 2 rings (SSSR count). The molecule has 0 aliphatic carbocycles. The zero-order valence-corrected chi connectivity index (χ0v) is 21.6. The number of Topliss-reactive ketones (excluding diaryl/α,β-unsaturated/α-hetero) is 1. The molecule has 2 atom stereocenters. The summed E-state index contributed by atoms with van der Waals surface area (Å²) >= 11 is 0. The van der Waals surface area contributed by atoms with E-state index in [-0.39, 0.29) is 31.2 Å². The maximum atomic E-state index is 13.9. The first-order valence-corrected chi connectivity index (χ1v) is 12.2. The van der Waals surface area contributed by atoms with Crippen molar-refractivity contribution in [2.45, 2.75) is 58.8 Å². The van der Waals surface area contributed by atoms with Crippen molar-refractivity contribution in [2.75, 3.05) is 7.11 Å². The van der Waals surface area contributed by atoms with Crippen LogP contribution in [0.1, 0.15) is 44.7 Å². The maximum absolute atomic E-state index is 13.9. The maximum Gasteiger partial charge on any atom is 0.315 e. The molecule has 0 bridgehead atoms. The summed E-state index contributed by atoms with van der Waals surface area (Å²) in [5.41, 5.74) is 1.27. The number of ether oxygens (including phenoxy) is 1. The minimum atomic E-state index is -1.09. The molecular weight excluding hydrogens is 479 g/mol. The molecule has 0 heterocycles. The molecule has 0 saturated heterocycles. The minimum absolute atomic E-state index is 0.0243. The van der Waals surface area contributed by atoms with Crippen LogP contribution in [0.25, 0.3) is 0 Å². The minimum Gasteiger partial charge on any atom is -0.493 e. The predicted octanol–water partition coefficient (Wildman–Crippen LogP) is 2.83. The molecule has 2 unspecified atom stereocenters. The van der Waals surface area contributed by atoms with Crippen LogP contribution in [0.2, 0.25) is 0 Å². The van der Waals surface area contributed by atoms with Gasteiger partial charge >= 0.3 is 6.03 Å². The van der Waals surface area contributed by atoms with E-state index in [9.17, 15) is 23.6 Å². The highest BCUT2D eigenvalue weighted by molar-refractivity contribution is 6.38. The third-order valence-electron chi connectivity index (χ3n) is 5.58. The van der Waals surface area contributed by atoms with Gasteiger partial charge in [0.05, 0.1) is 13.2 Å². The molecule has 200 valence electrons. The lowest BCUT2D eigenvalue weighted by atomic mass is 10.0. The number of nitrogens with one attached hydrogen (secondary N) is 4. The molecule has 0 spiro atoms. The first-order chi connectivity index (χ1) is 17.7. The highest BCUT2D eigenvalue weighted by Gasteiger charge is 2.29. The van der Waals surface area contributed by atoms with Gasteiger partial charge in [0, 0.05) is 18.7 Å². The molecule has 2 aromatic carbocycles. The number of rotatable bonds is 13. The van der Waals surface area contributed by atoms with Crippen LogP contribution in [-0.2, 0) is 27.5 Å². The number of amides is 4. The number of urea groups is 1. The van der Waals surface area contributed by atoms with E-state index in [1.54, 1.807) is 13.0 Å². The highest BCUT2D eigenvalue weighted by Crippen LogP contribution is 2.21. The number of hydrogen-bond acceptors (Lipinski definition) is 5. The van der Waals surface area contributed by atoms with Crippen molar-refractivity contribution in [2.24, 2.45) is 5.92 Å². The van der Waals surface area contributed by atoms with Crippen LogP contribution in [0.3, 0.4) is 0 Å². The van der Waals surface area contributed by atoms with Crippen molar-refractivity contribution in [3.8, 4) is 5.75 Å².